The summed E-state index contributed by atoms with van der Waals surface area (Å²) in [6.45, 7) is 1.62. The summed E-state index contributed by atoms with van der Waals surface area (Å²) in [5, 5.41) is 1.65. The number of halogens is 3. The first-order chi connectivity index (χ1) is 14.3. The zero-order chi connectivity index (χ0) is 21.8. The maximum absolute atomic E-state index is 12.8. The number of ether oxygens (including phenoxy) is 2. The molecule has 1 saturated heterocycles. The Balaban J connectivity index is 1.89. The third kappa shape index (κ3) is 4.95. The van der Waals surface area contributed by atoms with Crippen LogP contribution in [0.4, 0.5) is 5.69 Å². The van der Waals surface area contributed by atoms with Crippen LogP contribution in [0.3, 0.4) is 0 Å². The molecule has 7 nitrogen and oxygen atoms in total. The Bertz CT molecular complexity index is 1060. The summed E-state index contributed by atoms with van der Waals surface area (Å²) in [4.78, 5) is 36.9. The molecule has 156 valence electrons. The summed E-state index contributed by atoms with van der Waals surface area (Å²) in [7, 11) is 0. The number of esters is 1. The summed E-state index contributed by atoms with van der Waals surface area (Å²) in [5.41, 5.74) is 3.17. The van der Waals surface area contributed by atoms with E-state index in [-0.39, 0.29) is 23.8 Å². The Morgan fingerprint density at radius 1 is 1.17 bits per heavy atom. The lowest BCUT2D eigenvalue weighted by molar-refractivity contribution is -0.145. The van der Waals surface area contributed by atoms with Gasteiger partial charge in [-0.3, -0.25) is 15.0 Å². The number of nitrogens with zero attached hydrogens (tertiary/aromatic N) is 1. The number of anilines is 1. The van der Waals surface area contributed by atoms with E-state index in [1.807, 2.05) is 0 Å². The van der Waals surface area contributed by atoms with Gasteiger partial charge in [0.05, 0.1) is 22.3 Å². The van der Waals surface area contributed by atoms with Crippen LogP contribution in [-0.4, -0.2) is 31.0 Å². The fourth-order valence-electron chi connectivity index (χ4n) is 2.62. The van der Waals surface area contributed by atoms with E-state index in [9.17, 15) is 14.4 Å². The lowest BCUT2D eigenvalue weighted by Gasteiger charge is -2.15. The highest BCUT2D eigenvalue weighted by Crippen LogP contribution is 2.31. The van der Waals surface area contributed by atoms with E-state index >= 15 is 0 Å². The predicted octanol–water partition coefficient (Wildman–Crippen LogP) is 4.16. The standard InChI is InChI=1S/C20H15BrCl2N2O5/c1-2-29-18(26)10-30-17-6-3-12(21)7-11(17)8-14-19(27)24-25(20(14)28)13-4-5-15(22)16(23)9-13/h3-9H,2,10H2,1H3,(H,24,27)/b14-8+. The summed E-state index contributed by atoms with van der Waals surface area (Å²) in [5.74, 6) is -1.39. The lowest BCUT2D eigenvalue weighted by atomic mass is 10.1. The van der Waals surface area contributed by atoms with E-state index in [2.05, 4.69) is 21.4 Å². The third-order valence-corrected chi connectivity index (χ3v) is 5.21. The maximum atomic E-state index is 12.8. The number of rotatable bonds is 6. The highest BCUT2D eigenvalue weighted by Gasteiger charge is 2.35. The molecule has 0 saturated carbocycles. The molecule has 0 unspecified atom stereocenters. The van der Waals surface area contributed by atoms with Gasteiger partial charge in [0, 0.05) is 10.0 Å². The minimum atomic E-state index is -0.595. The van der Waals surface area contributed by atoms with E-state index in [1.54, 1.807) is 31.2 Å². The molecule has 0 spiro atoms. The van der Waals surface area contributed by atoms with Gasteiger partial charge >= 0.3 is 5.97 Å². The van der Waals surface area contributed by atoms with Gasteiger partial charge in [-0.2, -0.15) is 0 Å². The quantitative estimate of drug-likeness (QED) is 0.356. The first-order valence-electron chi connectivity index (χ1n) is 8.70. The SMILES string of the molecule is CCOC(=O)COc1ccc(Br)cc1/C=C1\C(=O)NN(c2ccc(Cl)c(Cl)c2)C1=O. The maximum Gasteiger partial charge on any atom is 0.344 e. The predicted molar refractivity (Wildman–Crippen MR) is 116 cm³/mol. The molecule has 1 fully saturated rings. The summed E-state index contributed by atoms with van der Waals surface area (Å²) in [6.07, 6.45) is 1.39. The molecule has 0 atom stereocenters. The van der Waals surface area contributed by atoms with Gasteiger partial charge in [-0.1, -0.05) is 39.1 Å². The van der Waals surface area contributed by atoms with Crippen molar-refractivity contribution in [2.24, 2.45) is 0 Å². The van der Waals surface area contributed by atoms with Crippen molar-refractivity contribution in [1.82, 2.24) is 5.43 Å². The van der Waals surface area contributed by atoms with E-state index in [1.165, 1.54) is 18.2 Å². The minimum absolute atomic E-state index is 0.111. The molecule has 2 aromatic rings. The van der Waals surface area contributed by atoms with Crippen LogP contribution >= 0.6 is 39.1 Å². The number of nitrogens with one attached hydrogen (secondary N) is 1. The molecule has 1 aliphatic rings. The molecule has 2 aromatic carbocycles. The Morgan fingerprint density at radius 3 is 2.63 bits per heavy atom. The molecule has 30 heavy (non-hydrogen) atoms. The third-order valence-electron chi connectivity index (χ3n) is 3.98. The molecule has 1 N–H and O–H groups in total. The van der Waals surface area contributed by atoms with Crippen LogP contribution in [-0.2, 0) is 19.1 Å². The van der Waals surface area contributed by atoms with Crippen molar-refractivity contribution in [3.05, 3.63) is 62.1 Å². The largest absolute Gasteiger partial charge is 0.481 e. The molecule has 0 aliphatic carbocycles. The van der Waals surface area contributed by atoms with Gasteiger partial charge in [-0.15, -0.1) is 0 Å². The Kier molecular flexibility index (Phi) is 7.02. The Morgan fingerprint density at radius 2 is 1.93 bits per heavy atom. The van der Waals surface area contributed by atoms with E-state index in [0.29, 0.717) is 26.5 Å². The average Bonchev–Trinajstić information content (AvgIpc) is 2.98. The highest BCUT2D eigenvalue weighted by molar-refractivity contribution is 9.10. The number of benzene rings is 2. The molecule has 2 amide bonds. The van der Waals surface area contributed by atoms with Gasteiger partial charge in [0.2, 0.25) is 0 Å². The molecule has 0 aromatic heterocycles. The number of hydrogen-bond acceptors (Lipinski definition) is 5. The van der Waals surface area contributed by atoms with Crippen molar-refractivity contribution in [2.45, 2.75) is 6.92 Å². The molecule has 0 radical (unpaired) electrons. The fourth-order valence-corrected chi connectivity index (χ4v) is 3.29. The van der Waals surface area contributed by atoms with Crippen molar-refractivity contribution >= 4 is 68.7 Å². The Hall–Kier alpha value is -2.55. The number of hydrogen-bond donors (Lipinski definition) is 1. The van der Waals surface area contributed by atoms with Crippen LogP contribution in [0.1, 0.15) is 12.5 Å². The monoisotopic (exact) mass is 512 g/mol. The fraction of sp³-hybridized carbons (Fsp3) is 0.150. The summed E-state index contributed by atoms with van der Waals surface area (Å²) >= 11 is 15.3. The lowest BCUT2D eigenvalue weighted by Crippen LogP contribution is -2.35. The number of hydrazine groups is 1. The van der Waals surface area contributed by atoms with Gasteiger partial charge < -0.3 is 9.47 Å². The van der Waals surface area contributed by atoms with E-state index in [4.69, 9.17) is 32.7 Å². The van der Waals surface area contributed by atoms with Crippen LogP contribution < -0.4 is 15.2 Å². The first-order valence-corrected chi connectivity index (χ1v) is 10.2. The topological polar surface area (TPSA) is 84.9 Å². The molecular formula is C20H15BrCl2N2O5. The molecule has 0 bridgehead atoms. The van der Waals surface area contributed by atoms with Crippen LogP contribution in [0, 0.1) is 0 Å². The summed E-state index contributed by atoms with van der Waals surface area (Å²) in [6, 6.07) is 9.54. The zero-order valence-electron chi connectivity index (χ0n) is 15.6. The van der Waals surface area contributed by atoms with Gasteiger partial charge in [-0.05, 0) is 49.4 Å². The van der Waals surface area contributed by atoms with E-state index < -0.39 is 17.8 Å². The smallest absolute Gasteiger partial charge is 0.344 e. The normalized spacial score (nSPS) is 14.8. The van der Waals surface area contributed by atoms with E-state index in [0.717, 1.165) is 5.01 Å². The second kappa shape index (κ2) is 9.51. The zero-order valence-corrected chi connectivity index (χ0v) is 18.7. The molecular weight excluding hydrogens is 499 g/mol. The molecule has 1 heterocycles. The van der Waals surface area contributed by atoms with Crippen molar-refractivity contribution < 1.29 is 23.9 Å². The van der Waals surface area contributed by atoms with Crippen LogP contribution in [0.15, 0.2) is 46.4 Å². The van der Waals surface area contributed by atoms with Crippen LogP contribution in [0.2, 0.25) is 10.0 Å². The molecule has 10 heteroatoms. The van der Waals surface area contributed by atoms with Crippen molar-refractivity contribution in [3.63, 3.8) is 0 Å². The van der Waals surface area contributed by atoms with Crippen LogP contribution in [0.5, 0.6) is 5.75 Å². The Labute approximate surface area is 190 Å². The second-order valence-corrected chi connectivity index (χ2v) is 7.74. The van der Waals surface area contributed by atoms with Crippen LogP contribution in [0.25, 0.3) is 6.08 Å². The van der Waals surface area contributed by atoms with Crippen molar-refractivity contribution in [2.75, 3.05) is 18.2 Å². The van der Waals surface area contributed by atoms with Gasteiger partial charge in [0.25, 0.3) is 11.8 Å². The first kappa shape index (κ1) is 22.1. The minimum Gasteiger partial charge on any atom is -0.481 e. The number of carbonyl (C=O) groups excluding carboxylic acids is 3. The molecule has 3 rings (SSSR count). The second-order valence-electron chi connectivity index (χ2n) is 6.01. The summed E-state index contributed by atoms with van der Waals surface area (Å²) < 4.78 is 11.0. The average molecular weight is 514 g/mol. The number of carbonyl (C=O) groups is 3. The molecule has 1 aliphatic heterocycles. The van der Waals surface area contributed by atoms with Gasteiger partial charge in [0.1, 0.15) is 11.3 Å². The van der Waals surface area contributed by atoms with Crippen molar-refractivity contribution in [1.29, 1.82) is 0 Å². The van der Waals surface area contributed by atoms with Crippen molar-refractivity contribution in [3.8, 4) is 5.75 Å². The highest BCUT2D eigenvalue weighted by atomic mass is 79.9. The van der Waals surface area contributed by atoms with Gasteiger partial charge in [-0.25, -0.2) is 9.80 Å². The van der Waals surface area contributed by atoms with Gasteiger partial charge in [0.15, 0.2) is 6.61 Å². The number of amides is 2.